The normalized spacial score (nSPS) is 12.4. The van der Waals surface area contributed by atoms with E-state index in [9.17, 15) is 0 Å². The minimum atomic E-state index is 0.0335. The van der Waals surface area contributed by atoms with Gasteiger partial charge in [-0.1, -0.05) is 35.0 Å². The van der Waals surface area contributed by atoms with Gasteiger partial charge in [-0.25, -0.2) is 0 Å². The van der Waals surface area contributed by atoms with Crippen molar-refractivity contribution in [3.05, 3.63) is 53.1 Å². The van der Waals surface area contributed by atoms with E-state index in [0.717, 1.165) is 23.2 Å². The molecule has 0 saturated carbocycles. The molecule has 0 N–H and O–H groups in total. The lowest BCUT2D eigenvalue weighted by atomic mass is 10.1. The molecule has 0 bridgehead atoms. The van der Waals surface area contributed by atoms with Crippen LogP contribution in [0.3, 0.4) is 0 Å². The Kier molecular flexibility index (Phi) is 5.59. The molecule has 136 valence electrons. The molecule has 2 aromatic carbocycles. The minimum Gasteiger partial charge on any atom is -0.488 e. The average Bonchev–Trinajstić information content (AvgIpc) is 3.06. The first-order chi connectivity index (χ1) is 12.4. The second-order valence-electron chi connectivity index (χ2n) is 6.57. The highest BCUT2D eigenvalue weighted by Gasteiger charge is 2.15. The summed E-state index contributed by atoms with van der Waals surface area (Å²) in [6, 6.07) is 13.4. The highest BCUT2D eigenvalue weighted by Crippen LogP contribution is 2.31. The Bertz CT molecular complexity index is 892. The predicted molar refractivity (Wildman–Crippen MR) is 104 cm³/mol. The third kappa shape index (κ3) is 4.23. The lowest BCUT2D eigenvalue weighted by Crippen LogP contribution is -2.28. The van der Waals surface area contributed by atoms with E-state index < -0.39 is 0 Å². The summed E-state index contributed by atoms with van der Waals surface area (Å²) in [7, 11) is 4.01. The summed E-state index contributed by atoms with van der Waals surface area (Å²) in [4.78, 5) is 6.57. The van der Waals surface area contributed by atoms with Gasteiger partial charge in [-0.2, -0.15) is 4.98 Å². The smallest absolute Gasteiger partial charge is 0.258 e. The zero-order valence-corrected chi connectivity index (χ0v) is 16.1. The predicted octanol–water partition coefficient (Wildman–Crippen LogP) is 4.69. The van der Waals surface area contributed by atoms with Gasteiger partial charge in [0, 0.05) is 17.7 Å². The second-order valence-corrected chi connectivity index (χ2v) is 6.98. The van der Waals surface area contributed by atoms with Crippen molar-refractivity contribution in [1.82, 2.24) is 15.0 Å². The molecule has 0 spiro atoms. The summed E-state index contributed by atoms with van der Waals surface area (Å²) in [6.45, 7) is 4.83. The summed E-state index contributed by atoms with van der Waals surface area (Å²) < 4.78 is 11.3. The molecule has 1 aromatic heterocycles. The van der Waals surface area contributed by atoms with Gasteiger partial charge in [-0.15, -0.1) is 0 Å². The van der Waals surface area contributed by atoms with Crippen LogP contribution in [0.5, 0.6) is 5.75 Å². The number of rotatable bonds is 6. The van der Waals surface area contributed by atoms with Crippen molar-refractivity contribution in [3.8, 4) is 28.6 Å². The Labute approximate surface area is 158 Å². The molecule has 1 heterocycles. The lowest BCUT2D eigenvalue weighted by molar-refractivity contribution is 0.177. The number of halogens is 1. The molecule has 1 unspecified atom stereocenters. The van der Waals surface area contributed by atoms with Crippen LogP contribution in [-0.4, -0.2) is 41.8 Å². The number of benzene rings is 2. The van der Waals surface area contributed by atoms with E-state index in [4.69, 9.17) is 20.9 Å². The van der Waals surface area contributed by atoms with Gasteiger partial charge in [-0.05, 0) is 57.8 Å². The van der Waals surface area contributed by atoms with Gasteiger partial charge in [0.1, 0.15) is 11.9 Å². The van der Waals surface area contributed by atoms with Crippen LogP contribution in [0.1, 0.15) is 12.5 Å². The molecule has 0 radical (unpaired) electrons. The summed E-state index contributed by atoms with van der Waals surface area (Å²) in [5, 5.41) is 4.61. The summed E-state index contributed by atoms with van der Waals surface area (Å²) in [5.74, 6) is 1.64. The molecule has 0 amide bonds. The van der Waals surface area contributed by atoms with Crippen molar-refractivity contribution >= 4 is 11.6 Å². The number of hydrogen-bond donors (Lipinski definition) is 0. The van der Waals surface area contributed by atoms with Crippen LogP contribution in [0, 0.1) is 6.92 Å². The van der Waals surface area contributed by atoms with Crippen LogP contribution >= 0.6 is 11.6 Å². The number of hydrogen-bond acceptors (Lipinski definition) is 5. The molecule has 0 aliphatic heterocycles. The standard InChI is InChI=1S/C20H22ClN3O2/c1-13-7-5-6-8-16(13)20-22-19(23-26-20)15-9-10-18(17(21)11-15)25-14(2)12-24(3)4/h5-11,14H,12H2,1-4H3. The molecule has 5 nitrogen and oxygen atoms in total. The van der Waals surface area contributed by atoms with Crippen LogP contribution in [0.25, 0.3) is 22.8 Å². The number of nitrogens with zero attached hydrogens (tertiary/aromatic N) is 3. The van der Waals surface area contributed by atoms with Crippen molar-refractivity contribution in [2.75, 3.05) is 20.6 Å². The molecule has 0 aliphatic carbocycles. The monoisotopic (exact) mass is 371 g/mol. The van der Waals surface area contributed by atoms with Gasteiger partial charge in [0.25, 0.3) is 5.89 Å². The SMILES string of the molecule is Cc1ccccc1-c1nc(-c2ccc(OC(C)CN(C)C)c(Cl)c2)no1. The van der Waals surface area contributed by atoms with Gasteiger partial charge < -0.3 is 14.2 Å². The number of aryl methyl sites for hydroxylation is 1. The zero-order chi connectivity index (χ0) is 18.7. The lowest BCUT2D eigenvalue weighted by Gasteiger charge is -2.19. The number of ether oxygens (including phenoxy) is 1. The first-order valence-corrected chi connectivity index (χ1v) is 8.83. The van der Waals surface area contributed by atoms with E-state index in [1.54, 1.807) is 6.07 Å². The second kappa shape index (κ2) is 7.89. The fraction of sp³-hybridized carbons (Fsp3) is 0.300. The Hall–Kier alpha value is -2.37. The molecule has 0 saturated heterocycles. The van der Waals surface area contributed by atoms with Crippen LogP contribution in [0.15, 0.2) is 47.0 Å². The maximum Gasteiger partial charge on any atom is 0.258 e. The van der Waals surface area contributed by atoms with Crippen molar-refractivity contribution < 1.29 is 9.26 Å². The molecule has 3 rings (SSSR count). The number of aromatic nitrogens is 2. The molecule has 1 atom stereocenters. The van der Waals surface area contributed by atoms with Gasteiger partial charge in [-0.3, -0.25) is 0 Å². The number of likely N-dealkylation sites (N-methyl/N-ethyl adjacent to an activating group) is 1. The highest BCUT2D eigenvalue weighted by molar-refractivity contribution is 6.32. The Balaban J connectivity index is 1.81. The minimum absolute atomic E-state index is 0.0335. The molecular weight excluding hydrogens is 350 g/mol. The fourth-order valence-electron chi connectivity index (χ4n) is 2.77. The van der Waals surface area contributed by atoms with Crippen LogP contribution in [-0.2, 0) is 0 Å². The molecule has 0 aliphatic rings. The van der Waals surface area contributed by atoms with Crippen LogP contribution in [0.2, 0.25) is 5.02 Å². The van der Waals surface area contributed by atoms with Gasteiger partial charge >= 0.3 is 0 Å². The van der Waals surface area contributed by atoms with E-state index in [1.165, 1.54) is 0 Å². The van der Waals surface area contributed by atoms with E-state index in [2.05, 4.69) is 15.0 Å². The maximum atomic E-state index is 6.38. The third-order valence-corrected chi connectivity index (χ3v) is 4.24. The summed E-state index contributed by atoms with van der Waals surface area (Å²) in [5.41, 5.74) is 2.79. The zero-order valence-electron chi connectivity index (χ0n) is 15.4. The van der Waals surface area contributed by atoms with Gasteiger partial charge in [0.2, 0.25) is 5.82 Å². The quantitative estimate of drug-likeness (QED) is 0.629. The first-order valence-electron chi connectivity index (χ1n) is 8.45. The summed E-state index contributed by atoms with van der Waals surface area (Å²) in [6.07, 6.45) is 0.0335. The molecule has 0 fully saturated rings. The first kappa shape index (κ1) is 18.4. The van der Waals surface area contributed by atoms with Crippen molar-refractivity contribution in [3.63, 3.8) is 0 Å². The Morgan fingerprint density at radius 1 is 1.19 bits per heavy atom. The topological polar surface area (TPSA) is 51.4 Å². The maximum absolute atomic E-state index is 6.38. The van der Waals surface area contributed by atoms with Crippen molar-refractivity contribution in [2.45, 2.75) is 20.0 Å². The van der Waals surface area contributed by atoms with Crippen molar-refractivity contribution in [2.24, 2.45) is 0 Å². The van der Waals surface area contributed by atoms with Crippen LogP contribution < -0.4 is 4.74 Å². The molecular formula is C20H22ClN3O2. The van der Waals surface area contributed by atoms with E-state index in [0.29, 0.717) is 22.5 Å². The van der Waals surface area contributed by atoms with E-state index in [-0.39, 0.29) is 6.10 Å². The van der Waals surface area contributed by atoms with E-state index >= 15 is 0 Å². The van der Waals surface area contributed by atoms with E-state index in [1.807, 2.05) is 64.3 Å². The fourth-order valence-corrected chi connectivity index (χ4v) is 2.99. The molecule has 3 aromatic rings. The molecule has 26 heavy (non-hydrogen) atoms. The summed E-state index contributed by atoms with van der Waals surface area (Å²) >= 11 is 6.38. The third-order valence-electron chi connectivity index (χ3n) is 3.94. The van der Waals surface area contributed by atoms with Crippen LogP contribution in [0.4, 0.5) is 0 Å². The van der Waals surface area contributed by atoms with Crippen molar-refractivity contribution in [1.29, 1.82) is 0 Å². The van der Waals surface area contributed by atoms with Gasteiger partial charge in [0.15, 0.2) is 0 Å². The Morgan fingerprint density at radius 2 is 1.96 bits per heavy atom. The molecule has 6 heteroatoms. The Morgan fingerprint density at radius 3 is 2.65 bits per heavy atom. The largest absolute Gasteiger partial charge is 0.488 e. The average molecular weight is 372 g/mol. The van der Waals surface area contributed by atoms with Gasteiger partial charge in [0.05, 0.1) is 5.02 Å². The highest BCUT2D eigenvalue weighted by atomic mass is 35.5.